The van der Waals surface area contributed by atoms with Gasteiger partial charge < -0.3 is 9.26 Å². The van der Waals surface area contributed by atoms with E-state index in [2.05, 4.69) is 9.82 Å². The van der Waals surface area contributed by atoms with Crippen molar-refractivity contribution in [1.29, 1.82) is 0 Å². The normalized spacial score (nSPS) is 15.5. The molecule has 4 nitrogen and oxygen atoms in total. The molecule has 0 saturated heterocycles. The van der Waals surface area contributed by atoms with Crippen molar-refractivity contribution in [2.75, 3.05) is 13.7 Å². The fourth-order valence-electron chi connectivity index (χ4n) is 0.540. The average Bonchev–Trinajstić information content (AvgIpc) is 1.98. The third kappa shape index (κ3) is 7.40. The minimum absolute atomic E-state index is 0.0238. The van der Waals surface area contributed by atoms with Crippen LogP contribution in [0.2, 0.25) is 0 Å². The number of carbonyl (C=O) groups is 1. The Morgan fingerprint density at radius 2 is 2.23 bits per heavy atom. The number of hydrogen-bond acceptors (Lipinski definition) is 4. The van der Waals surface area contributed by atoms with Crippen molar-refractivity contribution < 1.29 is 14.1 Å². The first-order valence-electron chi connectivity index (χ1n) is 3.67. The van der Waals surface area contributed by atoms with E-state index in [0.717, 1.165) is 0 Å². The van der Waals surface area contributed by atoms with Gasteiger partial charge in [0.2, 0.25) is 5.77 Å². The third-order valence-corrected chi connectivity index (χ3v) is 3.46. The molecule has 0 aromatic rings. The van der Waals surface area contributed by atoms with Crippen LogP contribution in [0.3, 0.4) is 0 Å². The predicted molar refractivity (Wildman–Crippen MR) is 56.4 cm³/mol. The second-order valence-electron chi connectivity index (χ2n) is 2.54. The summed E-state index contributed by atoms with van der Waals surface area (Å²) in [4.78, 5) is 10.7. The maximum Gasteiger partial charge on any atom is 0.320 e. The van der Waals surface area contributed by atoms with Crippen LogP contribution in [0.15, 0.2) is 0 Å². The molecule has 0 radical (unpaired) electrons. The molecular formula is C6H13ClNO3PS. The largest absolute Gasteiger partial charge is 0.468 e. The van der Waals surface area contributed by atoms with Crippen LogP contribution in [0.4, 0.5) is 0 Å². The van der Waals surface area contributed by atoms with Gasteiger partial charge in [0.1, 0.15) is 6.54 Å². The lowest BCUT2D eigenvalue weighted by Gasteiger charge is -2.17. The number of methoxy groups -OCH3 is 1. The summed E-state index contributed by atoms with van der Waals surface area (Å²) >= 11 is 10.7. The lowest BCUT2D eigenvalue weighted by molar-refractivity contribution is -0.139. The van der Waals surface area contributed by atoms with Gasteiger partial charge >= 0.3 is 5.97 Å². The van der Waals surface area contributed by atoms with E-state index in [1.165, 1.54) is 7.11 Å². The highest BCUT2D eigenvalue weighted by Crippen LogP contribution is 2.49. The Bertz CT molecular complexity index is 224. The Balaban J connectivity index is 3.89. The molecule has 0 bridgehead atoms. The maximum atomic E-state index is 10.7. The molecule has 1 N–H and O–H groups in total. The Morgan fingerprint density at radius 3 is 2.62 bits per heavy atom. The van der Waals surface area contributed by atoms with E-state index in [1.54, 1.807) is 0 Å². The second kappa shape index (κ2) is 5.94. The summed E-state index contributed by atoms with van der Waals surface area (Å²) in [6.07, 6.45) is -0.0616. The molecule has 0 saturated carbocycles. The third-order valence-electron chi connectivity index (χ3n) is 0.986. The molecule has 0 aliphatic carbocycles. The number of esters is 1. The molecule has 0 amide bonds. The van der Waals surface area contributed by atoms with E-state index in [0.29, 0.717) is 0 Å². The average molecular weight is 246 g/mol. The smallest absolute Gasteiger partial charge is 0.320 e. The fraction of sp³-hybridized carbons (Fsp3) is 0.833. The molecule has 0 fully saturated rings. The van der Waals surface area contributed by atoms with E-state index < -0.39 is 11.7 Å². The van der Waals surface area contributed by atoms with E-state index in [9.17, 15) is 4.79 Å². The van der Waals surface area contributed by atoms with Crippen molar-refractivity contribution in [3.63, 3.8) is 0 Å². The molecule has 7 heteroatoms. The van der Waals surface area contributed by atoms with Crippen LogP contribution in [0, 0.1) is 0 Å². The number of ether oxygens (including phenoxy) is 1. The lowest BCUT2D eigenvalue weighted by atomic mass is 10.5. The van der Waals surface area contributed by atoms with Crippen LogP contribution >= 0.6 is 17.0 Å². The van der Waals surface area contributed by atoms with Gasteiger partial charge in [-0.3, -0.25) is 4.79 Å². The number of hydrogen-bond donors (Lipinski definition) is 1. The van der Waals surface area contributed by atoms with E-state index in [-0.39, 0.29) is 12.6 Å². The molecule has 0 spiro atoms. The Kier molecular flexibility index (Phi) is 6.09. The van der Waals surface area contributed by atoms with E-state index >= 15 is 0 Å². The molecule has 13 heavy (non-hydrogen) atoms. The van der Waals surface area contributed by atoms with Crippen LogP contribution < -0.4 is 5.09 Å². The minimum Gasteiger partial charge on any atom is -0.468 e. The van der Waals surface area contributed by atoms with Crippen LogP contribution in [-0.4, -0.2) is 25.7 Å². The fourth-order valence-corrected chi connectivity index (χ4v) is 2.84. The number of halogens is 1. The molecule has 78 valence electrons. The molecule has 0 aromatic carbocycles. The van der Waals surface area contributed by atoms with Gasteiger partial charge in [-0.1, -0.05) is 0 Å². The van der Waals surface area contributed by atoms with Gasteiger partial charge in [-0.25, -0.2) is 5.09 Å². The van der Waals surface area contributed by atoms with Crippen LogP contribution in [-0.2, 0) is 25.9 Å². The zero-order valence-corrected chi connectivity index (χ0v) is 10.2. The van der Waals surface area contributed by atoms with Crippen molar-refractivity contribution in [3.8, 4) is 0 Å². The van der Waals surface area contributed by atoms with Gasteiger partial charge in [0.05, 0.1) is 13.2 Å². The monoisotopic (exact) mass is 245 g/mol. The number of nitrogens with one attached hydrogen (secondary N) is 1. The zero-order valence-electron chi connectivity index (χ0n) is 7.74. The molecule has 1 atom stereocenters. The molecule has 0 aliphatic heterocycles. The topological polar surface area (TPSA) is 47.6 Å². The van der Waals surface area contributed by atoms with Gasteiger partial charge in [0.25, 0.3) is 0 Å². The summed E-state index contributed by atoms with van der Waals surface area (Å²) in [5, 5.41) is 2.64. The van der Waals surface area contributed by atoms with Crippen molar-refractivity contribution in [3.05, 3.63) is 0 Å². The summed E-state index contributed by atoms with van der Waals surface area (Å²) in [5.74, 6) is -2.98. The summed E-state index contributed by atoms with van der Waals surface area (Å²) < 4.78 is 9.61. The number of carbonyl (C=O) groups excluding carboxylic acids is 1. The molecule has 0 heterocycles. The molecule has 0 aromatic heterocycles. The van der Waals surface area contributed by atoms with Gasteiger partial charge in [0.15, 0.2) is 0 Å². The Morgan fingerprint density at radius 1 is 1.69 bits per heavy atom. The van der Waals surface area contributed by atoms with Crippen molar-refractivity contribution >= 4 is 34.8 Å². The number of rotatable bonds is 5. The molecule has 0 rings (SSSR count). The minimum atomic E-state index is -2.56. The first-order valence-corrected chi connectivity index (χ1v) is 7.30. The molecule has 0 aliphatic rings. The van der Waals surface area contributed by atoms with Crippen LogP contribution in [0.25, 0.3) is 0 Å². The Hall–Kier alpha value is 0.330. The summed E-state index contributed by atoms with van der Waals surface area (Å²) in [6.45, 7) is 3.62. The standard InChI is InChI=1S/C6H13ClNO3PS/c1-5(2)11-12(7,13)8-4-6(9)10-3/h5H,4H2,1-3H3,(H,8,13). The summed E-state index contributed by atoms with van der Waals surface area (Å²) in [5.41, 5.74) is 0. The van der Waals surface area contributed by atoms with Crippen molar-refractivity contribution in [2.45, 2.75) is 20.0 Å². The van der Waals surface area contributed by atoms with E-state index in [4.69, 9.17) is 27.6 Å². The van der Waals surface area contributed by atoms with Gasteiger partial charge in [-0.15, -0.1) is 0 Å². The predicted octanol–water partition coefficient (Wildman–Crippen LogP) is 1.64. The van der Waals surface area contributed by atoms with Crippen LogP contribution in [0.1, 0.15) is 13.8 Å². The maximum absolute atomic E-state index is 10.7. The lowest BCUT2D eigenvalue weighted by Crippen LogP contribution is -2.21. The van der Waals surface area contributed by atoms with Gasteiger partial charge in [0, 0.05) is 0 Å². The second-order valence-corrected chi connectivity index (χ2v) is 7.60. The highest BCUT2D eigenvalue weighted by molar-refractivity contribution is 8.23. The highest BCUT2D eigenvalue weighted by Gasteiger charge is 2.16. The SMILES string of the molecule is COC(=O)CNP(=S)(Cl)OC(C)C. The molecule has 1 unspecified atom stereocenters. The quantitative estimate of drug-likeness (QED) is 0.589. The van der Waals surface area contributed by atoms with Crippen LogP contribution in [0.5, 0.6) is 0 Å². The van der Waals surface area contributed by atoms with Gasteiger partial charge in [-0.05, 0) is 36.9 Å². The van der Waals surface area contributed by atoms with Crippen molar-refractivity contribution in [2.24, 2.45) is 0 Å². The Labute approximate surface area is 87.9 Å². The van der Waals surface area contributed by atoms with Crippen molar-refractivity contribution in [1.82, 2.24) is 5.09 Å². The zero-order chi connectivity index (χ0) is 10.5. The first-order chi connectivity index (χ1) is 5.87. The summed E-state index contributed by atoms with van der Waals surface area (Å²) in [7, 11) is 1.30. The highest BCUT2D eigenvalue weighted by atomic mass is 35.7. The molecular weight excluding hydrogens is 233 g/mol. The van der Waals surface area contributed by atoms with Gasteiger partial charge in [-0.2, -0.15) is 0 Å². The first kappa shape index (κ1) is 13.3. The summed E-state index contributed by atoms with van der Waals surface area (Å²) in [6, 6.07) is 0. The van der Waals surface area contributed by atoms with E-state index in [1.807, 2.05) is 13.8 Å².